The summed E-state index contributed by atoms with van der Waals surface area (Å²) in [6.45, 7) is 49.1. The van der Waals surface area contributed by atoms with Crippen molar-refractivity contribution in [1.29, 1.82) is 0 Å². The summed E-state index contributed by atoms with van der Waals surface area (Å²) in [5, 5.41) is 4.19. The van der Waals surface area contributed by atoms with Gasteiger partial charge >= 0.3 is 0 Å². The van der Waals surface area contributed by atoms with Gasteiger partial charge in [0, 0.05) is 77.8 Å². The predicted molar refractivity (Wildman–Crippen MR) is 504 cm³/mol. The summed E-state index contributed by atoms with van der Waals surface area (Å²) in [5.41, 5.74) is 6.16. The van der Waals surface area contributed by atoms with E-state index in [1.807, 2.05) is 102 Å². The Morgan fingerprint density at radius 1 is 0.224 bits per heavy atom. The maximum atomic E-state index is 12.1. The maximum Gasteiger partial charge on any atom is 0.252 e. The van der Waals surface area contributed by atoms with Gasteiger partial charge in [-0.1, -0.05) is 324 Å². The first-order valence-corrected chi connectivity index (χ1v) is 40.9. The minimum atomic E-state index is -1.90. The van der Waals surface area contributed by atoms with Crippen LogP contribution in [0.4, 0.5) is 34.1 Å². The highest BCUT2D eigenvalue weighted by molar-refractivity contribution is 7.00. The Kier molecular flexibility index (Phi) is 13.1. The van der Waals surface area contributed by atoms with E-state index in [0.717, 1.165) is 88.3 Å². The fourth-order valence-electron chi connectivity index (χ4n) is 17.2. The third kappa shape index (κ3) is 12.8. The number of hydrogen-bond donors (Lipinski definition) is 0. The minimum absolute atomic E-state index is 0.190. The summed E-state index contributed by atoms with van der Waals surface area (Å²) < 4.78 is 199. The lowest BCUT2D eigenvalue weighted by molar-refractivity contribution is 0.568. The standard InChI is InChI=1S/C110H114BN5/c1-103(2,3)71-37-45-86-87-46-38-72(104(4,5)6)60-95(87)114(94(86)59-71)81-41-49-90-98(63-81)112(79-31-27-25-28-32-79)100-65-83(66-101-102(100)111(90)91-50-42-82(64-99(91)113(101)80-33-29-26-30-34-80)115-96-61-73(105(7,8)9)39-47-88(96)89-48-40-74(62-97(89)115)106(10,11)12)116-92-55-67(69-51-75(107(13,14)15)57-76(52-69)108(16,17)18)35-43-84(92)85-44-36-68(56-93(85)116)70-53-77(109(19,20)21)58-78(54-70)110(22,23)24/h25-66H,1-24H3/i25D,26D,27D,28D,29D,30D,31D,32D,33D,34D,41D,42D,49D,50D,63D,64D,65D,66D. The molecule has 582 valence electrons. The van der Waals surface area contributed by atoms with Gasteiger partial charge in [-0.15, -0.1) is 0 Å². The summed E-state index contributed by atoms with van der Waals surface area (Å²) in [4.78, 5) is 2.45. The van der Waals surface area contributed by atoms with Crippen molar-refractivity contribution in [2.45, 2.75) is 209 Å². The van der Waals surface area contributed by atoms with Gasteiger partial charge in [0.25, 0.3) is 6.71 Å². The normalized spacial score (nSPS) is 16.0. The fraction of sp³-hybridized carbons (Fsp3) is 0.291. The fourth-order valence-corrected chi connectivity index (χ4v) is 17.2. The van der Waals surface area contributed by atoms with E-state index >= 15 is 0 Å². The molecule has 0 unspecified atom stereocenters. The van der Waals surface area contributed by atoms with E-state index in [1.54, 1.807) is 9.13 Å². The van der Waals surface area contributed by atoms with Crippen LogP contribution in [0, 0.1) is 0 Å². The van der Waals surface area contributed by atoms with Crippen LogP contribution in [0.2, 0.25) is 0 Å². The number of anilines is 6. The Bertz CT molecular complexity index is 7170. The quantitative estimate of drug-likeness (QED) is 0.148. The van der Waals surface area contributed by atoms with E-state index in [9.17, 15) is 24.7 Å². The second-order valence-corrected chi connectivity index (χ2v) is 40.7. The number of aromatic nitrogens is 3. The largest absolute Gasteiger partial charge is 0.311 e. The molecule has 5 nitrogen and oxygen atoms in total. The molecule has 0 atom stereocenters. The zero-order chi connectivity index (χ0) is 97.6. The van der Waals surface area contributed by atoms with Gasteiger partial charge in [-0.3, -0.25) is 0 Å². The highest BCUT2D eigenvalue weighted by Crippen LogP contribution is 2.51. The van der Waals surface area contributed by atoms with Crippen LogP contribution in [0.15, 0.2) is 254 Å². The van der Waals surface area contributed by atoms with Crippen LogP contribution in [-0.4, -0.2) is 20.4 Å². The molecule has 18 rings (SSSR count). The molecule has 6 heteroatoms. The number of nitrogens with zero attached hydrogens (tertiary/aromatic N) is 5. The lowest BCUT2D eigenvalue weighted by Crippen LogP contribution is -2.61. The van der Waals surface area contributed by atoms with Crippen LogP contribution in [-0.2, 0) is 43.3 Å². The van der Waals surface area contributed by atoms with Crippen molar-refractivity contribution in [3.8, 4) is 39.3 Å². The van der Waals surface area contributed by atoms with E-state index in [1.165, 1.54) is 9.80 Å². The topological polar surface area (TPSA) is 21.3 Å². The summed E-state index contributed by atoms with van der Waals surface area (Å²) in [7, 11) is 0. The van der Waals surface area contributed by atoms with E-state index in [4.69, 9.17) is 0 Å². The van der Waals surface area contributed by atoms with Crippen LogP contribution in [0.5, 0.6) is 0 Å². The maximum absolute atomic E-state index is 12.1. The number of rotatable bonds is 7. The van der Waals surface area contributed by atoms with Crippen LogP contribution in [0.1, 0.15) is 235 Å². The molecule has 3 aromatic heterocycles. The molecule has 0 N–H and O–H groups in total. The summed E-state index contributed by atoms with van der Waals surface area (Å²) in [6, 6.07) is 36.8. The van der Waals surface area contributed by atoms with E-state index in [0.29, 0.717) is 43.9 Å². The van der Waals surface area contributed by atoms with Crippen molar-refractivity contribution in [3.05, 3.63) is 299 Å². The highest BCUT2D eigenvalue weighted by Gasteiger charge is 2.45. The van der Waals surface area contributed by atoms with Gasteiger partial charge in [0.05, 0.1) is 63.5 Å². The van der Waals surface area contributed by atoms with Gasteiger partial charge < -0.3 is 23.5 Å². The highest BCUT2D eigenvalue weighted by atomic mass is 15.2. The number of benzene rings is 13. The lowest BCUT2D eigenvalue weighted by Gasteiger charge is -2.44. The van der Waals surface area contributed by atoms with Gasteiger partial charge in [0.2, 0.25) is 0 Å². The molecule has 0 bridgehead atoms. The first-order chi connectivity index (χ1) is 62.1. The molecule has 116 heavy (non-hydrogen) atoms. The molecule has 0 amide bonds. The van der Waals surface area contributed by atoms with Crippen molar-refractivity contribution in [1.82, 2.24) is 13.7 Å². The van der Waals surface area contributed by atoms with Crippen molar-refractivity contribution in [2.24, 2.45) is 0 Å². The van der Waals surface area contributed by atoms with Crippen LogP contribution < -0.4 is 26.2 Å². The first kappa shape index (κ1) is 57.9. The third-order valence-electron chi connectivity index (χ3n) is 24.2. The van der Waals surface area contributed by atoms with Crippen LogP contribution in [0.25, 0.3) is 105 Å². The Hall–Kier alpha value is -11.1. The average Bonchev–Trinajstić information content (AvgIpc) is 0.871. The SMILES string of the molecule is [2H]c1c([2H])c([2H])c(N2c3c([2H])c(-n4c5cc(C(C)(C)C)ccc5c5ccc(C(C)(C)C)cc54)c([2H])c([2H])c3B3c4c([2H])c([2H])c(-n5c6cc(C(C)(C)C)ccc6c6ccc(C(C)(C)C)cc65)c([2H])c4N(c4c([2H])c([2H])c([2H])c([2H])c4[2H])c4c([2H])c(-n5c6cc(-c7cc(C(C)(C)C)cc(C(C)(C)C)c7)ccc6c6ccc(-c7cc(C(C)(C)C)cc(C(C)(C)C)c7)cc65)c([2H])c2c43)c([2H])c1[2H]. The Morgan fingerprint density at radius 3 is 0.767 bits per heavy atom. The third-order valence-corrected chi connectivity index (χ3v) is 24.2. The average molecular weight is 1540 g/mol. The monoisotopic (exact) mass is 1530 g/mol. The first-order valence-electron chi connectivity index (χ1n) is 49.9. The van der Waals surface area contributed by atoms with Crippen molar-refractivity contribution < 1.29 is 24.7 Å². The van der Waals surface area contributed by atoms with Crippen molar-refractivity contribution in [3.63, 3.8) is 0 Å². The van der Waals surface area contributed by atoms with Crippen LogP contribution in [0.3, 0.4) is 0 Å². The Labute approximate surface area is 715 Å². The van der Waals surface area contributed by atoms with Gasteiger partial charge in [-0.2, -0.15) is 0 Å². The van der Waals surface area contributed by atoms with Crippen molar-refractivity contribution in [2.75, 3.05) is 9.80 Å². The Morgan fingerprint density at radius 2 is 0.483 bits per heavy atom. The lowest BCUT2D eigenvalue weighted by atomic mass is 9.33. The zero-order valence-electron chi connectivity index (χ0n) is 89.7. The molecule has 2 aliphatic rings. The molecule has 13 aromatic carbocycles. The van der Waals surface area contributed by atoms with Crippen LogP contribution >= 0.6 is 0 Å². The van der Waals surface area contributed by atoms with E-state index in [2.05, 4.69) is 215 Å². The molecule has 0 saturated carbocycles. The zero-order valence-corrected chi connectivity index (χ0v) is 71.7. The molecule has 0 radical (unpaired) electrons. The smallest absolute Gasteiger partial charge is 0.252 e. The molecule has 2 aliphatic heterocycles. The van der Waals surface area contributed by atoms with Gasteiger partial charge in [0.1, 0.15) is 0 Å². The molecule has 0 aliphatic carbocycles. The van der Waals surface area contributed by atoms with Crippen molar-refractivity contribution >= 4 is 123 Å². The molecular formula is C110H114BN5. The van der Waals surface area contributed by atoms with E-state index in [-0.39, 0.29) is 55.1 Å². The number of fused-ring (bicyclic) bond motifs is 13. The van der Waals surface area contributed by atoms with E-state index < -0.39 is 171 Å². The number of hydrogen-bond acceptors (Lipinski definition) is 2. The Balaban J connectivity index is 1.12. The molecule has 16 aromatic rings. The second kappa shape index (κ2) is 26.2. The predicted octanol–water partition coefficient (Wildman–Crippen LogP) is 28.8. The number of para-hydroxylation sites is 2. The second-order valence-electron chi connectivity index (χ2n) is 40.7. The summed E-state index contributed by atoms with van der Waals surface area (Å²) in [6.07, 6.45) is 0. The summed E-state index contributed by atoms with van der Waals surface area (Å²) >= 11 is 0. The molecule has 0 saturated heterocycles. The van der Waals surface area contributed by atoms with Gasteiger partial charge in [-0.25, -0.2) is 0 Å². The molecule has 5 heterocycles. The minimum Gasteiger partial charge on any atom is -0.311 e. The molecule has 0 spiro atoms. The van der Waals surface area contributed by atoms with Gasteiger partial charge in [-0.05, 0) is 223 Å². The molecule has 0 fully saturated rings. The van der Waals surface area contributed by atoms with Gasteiger partial charge in [0.15, 0.2) is 0 Å². The summed E-state index contributed by atoms with van der Waals surface area (Å²) in [5.74, 6) is 0. The molecular weight excluding hydrogens is 1400 g/mol.